The molecule has 1 unspecified atom stereocenters. The largest absolute Gasteiger partial charge is 0.444 e. The van der Waals surface area contributed by atoms with Crippen molar-refractivity contribution in [3.05, 3.63) is 33.3 Å². The molecule has 23 heavy (non-hydrogen) atoms. The van der Waals surface area contributed by atoms with Gasteiger partial charge in [0.05, 0.1) is 0 Å². The molecule has 0 aliphatic rings. The lowest BCUT2D eigenvalue weighted by Gasteiger charge is -2.22. The maximum Gasteiger partial charge on any atom is 0.407 e. The number of carbonyl (C=O) groups is 1. The van der Waals surface area contributed by atoms with Crippen LogP contribution in [0.2, 0.25) is 5.02 Å². The van der Waals surface area contributed by atoms with Crippen molar-refractivity contribution in [1.82, 2.24) is 10.6 Å². The molecule has 2 N–H and O–H groups in total. The van der Waals surface area contributed by atoms with Crippen LogP contribution in [0.25, 0.3) is 0 Å². The van der Waals surface area contributed by atoms with Gasteiger partial charge in [-0.15, -0.1) is 0 Å². The molecule has 0 aliphatic carbocycles. The van der Waals surface area contributed by atoms with E-state index in [2.05, 4.69) is 33.5 Å². The Labute approximate surface area is 152 Å². The lowest BCUT2D eigenvalue weighted by molar-refractivity contribution is 0.0521. The fourth-order valence-electron chi connectivity index (χ4n) is 2.06. The average Bonchev–Trinajstić information content (AvgIpc) is 2.41. The summed E-state index contributed by atoms with van der Waals surface area (Å²) in [5, 5.41) is 7.01. The van der Waals surface area contributed by atoms with E-state index in [-0.39, 0.29) is 12.1 Å². The molecule has 0 aliphatic heterocycles. The Hall–Kier alpha value is -0.780. The number of hydrogen-bond donors (Lipinski definition) is 2. The summed E-state index contributed by atoms with van der Waals surface area (Å²) >= 11 is 9.47. The Morgan fingerprint density at radius 1 is 1.39 bits per heavy atom. The quantitative estimate of drug-likeness (QED) is 0.679. The molecule has 1 rings (SSSR count). The molecule has 0 spiro atoms. The first kappa shape index (κ1) is 20.3. The molecule has 0 aromatic heterocycles. The summed E-state index contributed by atoms with van der Waals surface area (Å²) in [6.07, 6.45) is 1.63. The highest BCUT2D eigenvalue weighted by atomic mass is 79.9. The van der Waals surface area contributed by atoms with Gasteiger partial charge < -0.3 is 15.4 Å². The van der Waals surface area contributed by atoms with Crippen LogP contribution >= 0.6 is 27.5 Å². The lowest BCUT2D eigenvalue weighted by Crippen LogP contribution is -2.42. The monoisotopic (exact) mass is 404 g/mol. The molecular weight excluding hydrogens is 380 g/mol. The second kappa shape index (κ2) is 9.50. The number of rotatable bonds is 7. The van der Waals surface area contributed by atoms with Gasteiger partial charge in [0.15, 0.2) is 0 Å². The van der Waals surface area contributed by atoms with Crippen molar-refractivity contribution in [2.45, 2.75) is 58.7 Å². The zero-order valence-corrected chi connectivity index (χ0v) is 16.6. The summed E-state index contributed by atoms with van der Waals surface area (Å²) in [6.45, 7) is 8.93. The molecule has 0 fully saturated rings. The molecule has 1 amide bonds. The van der Waals surface area contributed by atoms with Gasteiger partial charge in [0.25, 0.3) is 0 Å². The molecule has 1 atom stereocenters. The van der Waals surface area contributed by atoms with E-state index >= 15 is 0 Å². The van der Waals surface area contributed by atoms with Crippen molar-refractivity contribution in [2.75, 3.05) is 6.54 Å². The molecule has 0 radical (unpaired) electrons. The van der Waals surface area contributed by atoms with Crippen molar-refractivity contribution >= 4 is 33.6 Å². The van der Waals surface area contributed by atoms with Gasteiger partial charge in [-0.25, -0.2) is 4.79 Å². The molecule has 0 saturated heterocycles. The van der Waals surface area contributed by atoms with Gasteiger partial charge in [0.2, 0.25) is 0 Å². The van der Waals surface area contributed by atoms with Crippen molar-refractivity contribution in [3.8, 4) is 0 Å². The van der Waals surface area contributed by atoms with Crippen LogP contribution in [-0.2, 0) is 11.3 Å². The summed E-state index contributed by atoms with van der Waals surface area (Å²) in [5.41, 5.74) is 0.652. The minimum absolute atomic E-state index is 0.190. The highest BCUT2D eigenvalue weighted by Gasteiger charge is 2.17. The highest BCUT2D eigenvalue weighted by Crippen LogP contribution is 2.21. The fraction of sp³-hybridized carbons (Fsp3) is 0.588. The van der Waals surface area contributed by atoms with Gasteiger partial charge in [0, 0.05) is 28.6 Å². The Bertz CT molecular complexity index is 518. The first-order valence-electron chi connectivity index (χ1n) is 7.85. The molecule has 1 aromatic carbocycles. The van der Waals surface area contributed by atoms with Crippen LogP contribution in [0, 0.1) is 0 Å². The Balaban J connectivity index is 2.50. The fourth-order valence-corrected chi connectivity index (χ4v) is 2.89. The van der Waals surface area contributed by atoms with Gasteiger partial charge in [-0.3, -0.25) is 0 Å². The Morgan fingerprint density at radius 3 is 2.65 bits per heavy atom. The predicted molar refractivity (Wildman–Crippen MR) is 98.9 cm³/mol. The lowest BCUT2D eigenvalue weighted by atomic mass is 10.1. The number of amides is 1. The van der Waals surface area contributed by atoms with Gasteiger partial charge in [-0.2, -0.15) is 0 Å². The summed E-state index contributed by atoms with van der Waals surface area (Å²) < 4.78 is 6.24. The molecule has 0 saturated carbocycles. The maximum atomic E-state index is 11.7. The van der Waals surface area contributed by atoms with Crippen LogP contribution in [0.15, 0.2) is 22.7 Å². The van der Waals surface area contributed by atoms with E-state index < -0.39 is 5.60 Å². The predicted octanol–water partition coefficient (Wildman–Crippen LogP) is 4.89. The number of ether oxygens (including phenoxy) is 1. The molecule has 0 bridgehead atoms. The van der Waals surface area contributed by atoms with Crippen molar-refractivity contribution in [3.63, 3.8) is 0 Å². The van der Waals surface area contributed by atoms with E-state index in [1.165, 1.54) is 0 Å². The number of halogens is 2. The van der Waals surface area contributed by atoms with E-state index in [0.29, 0.717) is 18.1 Å². The number of hydrogen-bond acceptors (Lipinski definition) is 3. The van der Waals surface area contributed by atoms with Crippen LogP contribution in [0.4, 0.5) is 4.79 Å². The molecule has 6 heteroatoms. The highest BCUT2D eigenvalue weighted by molar-refractivity contribution is 9.10. The first-order valence-corrected chi connectivity index (χ1v) is 9.02. The minimum Gasteiger partial charge on any atom is -0.444 e. The Morgan fingerprint density at radius 2 is 2.09 bits per heavy atom. The van der Waals surface area contributed by atoms with Gasteiger partial charge in [0.1, 0.15) is 5.60 Å². The van der Waals surface area contributed by atoms with Crippen molar-refractivity contribution < 1.29 is 9.53 Å². The van der Waals surface area contributed by atoms with E-state index in [1.54, 1.807) is 0 Å². The van der Waals surface area contributed by atoms with Crippen LogP contribution in [0.1, 0.15) is 46.1 Å². The van der Waals surface area contributed by atoms with E-state index in [1.807, 2.05) is 39.0 Å². The molecule has 1 aromatic rings. The normalized spacial score (nSPS) is 12.8. The van der Waals surface area contributed by atoms with Gasteiger partial charge >= 0.3 is 6.09 Å². The van der Waals surface area contributed by atoms with Crippen molar-refractivity contribution in [1.29, 1.82) is 0 Å². The smallest absolute Gasteiger partial charge is 0.407 e. The third-order valence-electron chi connectivity index (χ3n) is 3.13. The molecule has 130 valence electrons. The Kier molecular flexibility index (Phi) is 8.37. The number of alkyl carbamates (subject to hydrolysis) is 1. The van der Waals surface area contributed by atoms with E-state index in [9.17, 15) is 4.79 Å². The summed E-state index contributed by atoms with van der Waals surface area (Å²) in [5.74, 6) is 0. The van der Waals surface area contributed by atoms with Crippen LogP contribution < -0.4 is 10.6 Å². The summed E-state index contributed by atoms with van der Waals surface area (Å²) in [4.78, 5) is 11.7. The minimum atomic E-state index is -0.480. The van der Waals surface area contributed by atoms with E-state index in [0.717, 1.165) is 22.9 Å². The summed E-state index contributed by atoms with van der Waals surface area (Å²) in [7, 11) is 0. The standard InChI is InChI=1S/C17H26BrClN2O2/c1-5-6-14(11-21-16(22)23-17(2,3)4)20-10-12-7-8-13(19)9-15(12)18/h7-9,14,20H,5-6,10-11H2,1-4H3,(H,21,22). The molecule has 4 nitrogen and oxygen atoms in total. The third kappa shape index (κ3) is 8.58. The zero-order valence-electron chi connectivity index (χ0n) is 14.2. The number of carbonyl (C=O) groups excluding carboxylic acids is 1. The topological polar surface area (TPSA) is 50.4 Å². The third-order valence-corrected chi connectivity index (χ3v) is 4.10. The van der Waals surface area contributed by atoms with Crippen LogP contribution in [0.5, 0.6) is 0 Å². The average molecular weight is 406 g/mol. The maximum absolute atomic E-state index is 11.7. The second-order valence-electron chi connectivity index (χ2n) is 6.49. The number of benzene rings is 1. The molecule has 0 heterocycles. The van der Waals surface area contributed by atoms with E-state index in [4.69, 9.17) is 16.3 Å². The number of nitrogens with one attached hydrogen (secondary N) is 2. The van der Waals surface area contributed by atoms with Crippen LogP contribution in [0.3, 0.4) is 0 Å². The second-order valence-corrected chi connectivity index (χ2v) is 7.78. The van der Waals surface area contributed by atoms with Crippen LogP contribution in [-0.4, -0.2) is 24.3 Å². The summed E-state index contributed by atoms with van der Waals surface area (Å²) in [6, 6.07) is 5.93. The zero-order chi connectivity index (χ0) is 17.5. The SMILES string of the molecule is CCCC(CNC(=O)OC(C)(C)C)NCc1ccc(Cl)cc1Br. The van der Waals surface area contributed by atoms with Gasteiger partial charge in [-0.05, 0) is 44.9 Å². The first-order chi connectivity index (χ1) is 10.7. The molecular formula is C17H26BrClN2O2. The van der Waals surface area contributed by atoms with Crippen molar-refractivity contribution in [2.24, 2.45) is 0 Å². The van der Waals surface area contributed by atoms with Gasteiger partial charge in [-0.1, -0.05) is 46.9 Å².